The van der Waals surface area contributed by atoms with Gasteiger partial charge in [0.05, 0.1) is 7.11 Å². The second kappa shape index (κ2) is 4.51. The molecule has 0 amide bonds. The summed E-state index contributed by atoms with van der Waals surface area (Å²) in [6.07, 6.45) is 4.05. The molecule has 0 spiro atoms. The minimum absolute atomic E-state index is 0.497. The molecule has 1 saturated carbocycles. The van der Waals surface area contributed by atoms with Crippen molar-refractivity contribution in [3.05, 3.63) is 18.2 Å². The van der Waals surface area contributed by atoms with Gasteiger partial charge in [-0.25, -0.2) is 0 Å². The fraction of sp³-hybridized carbons (Fsp3) is 0.583. The van der Waals surface area contributed by atoms with Gasteiger partial charge in [-0.05, 0) is 25.3 Å². The molecule has 82 valence electrons. The van der Waals surface area contributed by atoms with Gasteiger partial charge in [0.25, 0.3) is 0 Å². The normalized spacial score (nSPS) is 17.2. The molecule has 0 radical (unpaired) electrons. The van der Waals surface area contributed by atoms with E-state index in [0.29, 0.717) is 11.9 Å². The predicted molar refractivity (Wildman–Crippen MR) is 61.2 cm³/mol. The zero-order chi connectivity index (χ0) is 10.7. The number of nitrogens with one attached hydrogen (secondary N) is 1. The highest BCUT2D eigenvalue weighted by Crippen LogP contribution is 2.33. The molecule has 1 heterocycles. The molecule has 1 atom stereocenters. The van der Waals surface area contributed by atoms with Crippen molar-refractivity contribution >= 4 is 5.82 Å². The van der Waals surface area contributed by atoms with Crippen molar-refractivity contribution < 1.29 is 4.74 Å². The summed E-state index contributed by atoms with van der Waals surface area (Å²) in [5.74, 6) is 2.51. The summed E-state index contributed by atoms with van der Waals surface area (Å²) < 4.78 is 5.08. The maximum absolute atomic E-state index is 5.08. The Labute approximate surface area is 90.9 Å². The lowest BCUT2D eigenvalue weighted by Crippen LogP contribution is -2.16. The maximum atomic E-state index is 5.08. The zero-order valence-corrected chi connectivity index (χ0v) is 9.36. The molecule has 1 fully saturated rings. The molecule has 3 nitrogen and oxygen atoms in total. The molecule has 0 bridgehead atoms. The summed E-state index contributed by atoms with van der Waals surface area (Å²) in [6, 6.07) is 6.29. The first-order valence-corrected chi connectivity index (χ1v) is 5.55. The SMILES string of the molecule is COc1cccc(NC(C)CC2CC2)n1. The van der Waals surface area contributed by atoms with Crippen LogP contribution in [0, 0.1) is 5.92 Å². The standard InChI is InChI=1S/C12H18N2O/c1-9(8-10-6-7-10)13-11-4-3-5-12(14-11)15-2/h3-5,9-10H,6-8H2,1-2H3,(H,13,14). The quantitative estimate of drug-likeness (QED) is 0.804. The second-order valence-electron chi connectivity index (χ2n) is 4.29. The monoisotopic (exact) mass is 206 g/mol. The summed E-state index contributed by atoms with van der Waals surface area (Å²) in [4.78, 5) is 4.33. The Kier molecular flexibility index (Phi) is 3.09. The average Bonchev–Trinajstić information content (AvgIpc) is 3.02. The number of methoxy groups -OCH3 is 1. The van der Waals surface area contributed by atoms with E-state index in [1.807, 2.05) is 18.2 Å². The third kappa shape index (κ3) is 3.11. The van der Waals surface area contributed by atoms with Crippen LogP contribution in [0.5, 0.6) is 5.88 Å². The van der Waals surface area contributed by atoms with Crippen LogP contribution in [0.15, 0.2) is 18.2 Å². The number of ether oxygens (including phenoxy) is 1. The summed E-state index contributed by atoms with van der Waals surface area (Å²) >= 11 is 0. The Balaban J connectivity index is 1.90. The van der Waals surface area contributed by atoms with Crippen LogP contribution in [0.4, 0.5) is 5.82 Å². The van der Waals surface area contributed by atoms with E-state index < -0.39 is 0 Å². The van der Waals surface area contributed by atoms with Crippen molar-refractivity contribution in [3.63, 3.8) is 0 Å². The van der Waals surface area contributed by atoms with Crippen molar-refractivity contribution in [2.45, 2.75) is 32.2 Å². The first kappa shape index (κ1) is 10.3. The summed E-state index contributed by atoms with van der Waals surface area (Å²) in [7, 11) is 1.64. The van der Waals surface area contributed by atoms with Crippen molar-refractivity contribution in [2.75, 3.05) is 12.4 Å². The van der Waals surface area contributed by atoms with Crippen molar-refractivity contribution in [1.29, 1.82) is 0 Å². The molecular weight excluding hydrogens is 188 g/mol. The van der Waals surface area contributed by atoms with Gasteiger partial charge in [0, 0.05) is 12.1 Å². The highest BCUT2D eigenvalue weighted by molar-refractivity contribution is 5.37. The molecule has 0 aliphatic heterocycles. The van der Waals surface area contributed by atoms with E-state index >= 15 is 0 Å². The van der Waals surface area contributed by atoms with Gasteiger partial charge < -0.3 is 10.1 Å². The van der Waals surface area contributed by atoms with Crippen LogP contribution in [0.3, 0.4) is 0 Å². The minimum Gasteiger partial charge on any atom is -0.481 e. The maximum Gasteiger partial charge on any atom is 0.214 e. The van der Waals surface area contributed by atoms with Crippen LogP contribution in [-0.4, -0.2) is 18.1 Å². The Morgan fingerprint density at radius 2 is 2.33 bits per heavy atom. The van der Waals surface area contributed by atoms with E-state index in [-0.39, 0.29) is 0 Å². The van der Waals surface area contributed by atoms with E-state index in [4.69, 9.17) is 4.74 Å². The fourth-order valence-electron chi connectivity index (χ4n) is 1.77. The molecule has 0 aromatic carbocycles. The molecule has 1 aliphatic rings. The van der Waals surface area contributed by atoms with Gasteiger partial charge in [0.1, 0.15) is 5.82 Å². The summed E-state index contributed by atoms with van der Waals surface area (Å²) in [5.41, 5.74) is 0. The number of anilines is 1. The third-order valence-electron chi connectivity index (χ3n) is 2.71. The Morgan fingerprint density at radius 1 is 1.53 bits per heavy atom. The molecule has 2 rings (SSSR count). The van der Waals surface area contributed by atoms with Gasteiger partial charge in [0.2, 0.25) is 5.88 Å². The van der Waals surface area contributed by atoms with Crippen molar-refractivity contribution in [2.24, 2.45) is 5.92 Å². The van der Waals surface area contributed by atoms with E-state index in [2.05, 4.69) is 17.2 Å². The van der Waals surface area contributed by atoms with Crippen LogP contribution in [0.2, 0.25) is 0 Å². The molecule has 1 N–H and O–H groups in total. The van der Waals surface area contributed by atoms with Crippen molar-refractivity contribution in [1.82, 2.24) is 4.98 Å². The molecule has 1 unspecified atom stereocenters. The molecule has 3 heteroatoms. The van der Waals surface area contributed by atoms with Crippen LogP contribution < -0.4 is 10.1 Å². The Bertz CT molecular complexity index is 323. The first-order valence-electron chi connectivity index (χ1n) is 5.55. The lowest BCUT2D eigenvalue weighted by atomic mass is 10.1. The molecule has 0 saturated heterocycles. The highest BCUT2D eigenvalue weighted by atomic mass is 16.5. The molecular formula is C12H18N2O. The number of hydrogen-bond donors (Lipinski definition) is 1. The van der Waals surface area contributed by atoms with Crippen LogP contribution in [-0.2, 0) is 0 Å². The van der Waals surface area contributed by atoms with E-state index in [0.717, 1.165) is 11.7 Å². The zero-order valence-electron chi connectivity index (χ0n) is 9.36. The van der Waals surface area contributed by atoms with Crippen molar-refractivity contribution in [3.8, 4) is 5.88 Å². The lowest BCUT2D eigenvalue weighted by Gasteiger charge is -2.14. The van der Waals surface area contributed by atoms with Crippen LogP contribution in [0.1, 0.15) is 26.2 Å². The third-order valence-corrected chi connectivity index (χ3v) is 2.71. The van der Waals surface area contributed by atoms with E-state index in [1.165, 1.54) is 19.3 Å². The number of nitrogens with zero attached hydrogens (tertiary/aromatic N) is 1. The Morgan fingerprint density at radius 3 is 3.00 bits per heavy atom. The number of aromatic nitrogens is 1. The van der Waals surface area contributed by atoms with Crippen LogP contribution >= 0.6 is 0 Å². The topological polar surface area (TPSA) is 34.1 Å². The molecule has 1 aromatic rings. The summed E-state index contributed by atoms with van der Waals surface area (Å²) in [6.45, 7) is 2.21. The van der Waals surface area contributed by atoms with E-state index in [9.17, 15) is 0 Å². The molecule has 1 aromatic heterocycles. The van der Waals surface area contributed by atoms with Gasteiger partial charge in [0.15, 0.2) is 0 Å². The average molecular weight is 206 g/mol. The largest absolute Gasteiger partial charge is 0.481 e. The van der Waals surface area contributed by atoms with Gasteiger partial charge in [-0.1, -0.05) is 18.9 Å². The van der Waals surface area contributed by atoms with Gasteiger partial charge in [-0.2, -0.15) is 4.98 Å². The lowest BCUT2D eigenvalue weighted by molar-refractivity contribution is 0.398. The highest BCUT2D eigenvalue weighted by Gasteiger charge is 2.23. The number of pyridine rings is 1. The predicted octanol–water partition coefficient (Wildman–Crippen LogP) is 2.69. The molecule has 1 aliphatic carbocycles. The minimum atomic E-state index is 0.497. The van der Waals surface area contributed by atoms with Crippen LogP contribution in [0.25, 0.3) is 0 Å². The smallest absolute Gasteiger partial charge is 0.214 e. The number of rotatable bonds is 5. The van der Waals surface area contributed by atoms with E-state index in [1.54, 1.807) is 7.11 Å². The van der Waals surface area contributed by atoms with Gasteiger partial charge in [-0.3, -0.25) is 0 Å². The fourth-order valence-corrected chi connectivity index (χ4v) is 1.77. The second-order valence-corrected chi connectivity index (χ2v) is 4.29. The Hall–Kier alpha value is -1.25. The first-order chi connectivity index (χ1) is 7.28. The van der Waals surface area contributed by atoms with Gasteiger partial charge >= 0.3 is 0 Å². The van der Waals surface area contributed by atoms with Gasteiger partial charge in [-0.15, -0.1) is 0 Å². The number of hydrogen-bond acceptors (Lipinski definition) is 3. The molecule has 15 heavy (non-hydrogen) atoms. The summed E-state index contributed by atoms with van der Waals surface area (Å²) in [5, 5.41) is 3.40.